The maximum Gasteiger partial charge on any atom is 0.0728 e. The molecule has 0 aromatic carbocycles. The van der Waals surface area contributed by atoms with Crippen LogP contribution in [0.15, 0.2) is 0 Å². The summed E-state index contributed by atoms with van der Waals surface area (Å²) in [6.45, 7) is 8.06. The van der Waals surface area contributed by atoms with Crippen molar-refractivity contribution in [2.75, 3.05) is 6.61 Å². The molecule has 0 aliphatic heterocycles. The molecular weight excluding hydrogens is 230 g/mol. The van der Waals surface area contributed by atoms with Crippen LogP contribution in [-0.2, 0) is 4.74 Å². The molecule has 0 spiro atoms. The van der Waals surface area contributed by atoms with Crippen molar-refractivity contribution < 1.29 is 4.74 Å². The molecular formula is C14H25NOS. The molecule has 0 amide bonds. The summed E-state index contributed by atoms with van der Waals surface area (Å²) in [5, 5.41) is 0. The molecule has 2 fully saturated rings. The van der Waals surface area contributed by atoms with Crippen molar-refractivity contribution in [2.45, 2.75) is 59.0 Å². The van der Waals surface area contributed by atoms with Gasteiger partial charge in [-0.2, -0.15) is 0 Å². The quantitative estimate of drug-likeness (QED) is 0.605. The van der Waals surface area contributed by atoms with Crippen molar-refractivity contribution in [1.29, 1.82) is 0 Å². The van der Waals surface area contributed by atoms with E-state index in [0.717, 1.165) is 25.4 Å². The highest BCUT2D eigenvalue weighted by Gasteiger charge is 2.61. The molecule has 2 rings (SSSR count). The van der Waals surface area contributed by atoms with Gasteiger partial charge in [0, 0.05) is 6.61 Å². The summed E-state index contributed by atoms with van der Waals surface area (Å²) in [4.78, 5) is 0.605. The third kappa shape index (κ3) is 2.12. The van der Waals surface area contributed by atoms with Crippen LogP contribution in [-0.4, -0.2) is 17.7 Å². The van der Waals surface area contributed by atoms with Gasteiger partial charge in [0.15, 0.2) is 0 Å². The van der Waals surface area contributed by atoms with E-state index in [2.05, 4.69) is 20.8 Å². The number of rotatable bonds is 5. The number of nitrogens with two attached hydrogens (primary N) is 1. The molecule has 3 atom stereocenters. The minimum Gasteiger partial charge on any atom is -0.393 e. The predicted octanol–water partition coefficient (Wildman–Crippen LogP) is 3.28. The average Bonchev–Trinajstić information content (AvgIpc) is 2.56. The first-order valence-electron chi connectivity index (χ1n) is 6.78. The van der Waals surface area contributed by atoms with Crippen molar-refractivity contribution in [3.63, 3.8) is 0 Å². The summed E-state index contributed by atoms with van der Waals surface area (Å²) in [6, 6.07) is 0. The Morgan fingerprint density at radius 2 is 2.12 bits per heavy atom. The van der Waals surface area contributed by atoms with Crippen LogP contribution < -0.4 is 5.73 Å². The molecule has 17 heavy (non-hydrogen) atoms. The summed E-state index contributed by atoms with van der Waals surface area (Å²) < 4.78 is 6.11. The first-order valence-corrected chi connectivity index (χ1v) is 7.18. The first-order chi connectivity index (χ1) is 7.88. The number of ether oxygens (including phenoxy) is 1. The van der Waals surface area contributed by atoms with Crippen molar-refractivity contribution in [2.24, 2.45) is 22.5 Å². The molecule has 2 saturated carbocycles. The topological polar surface area (TPSA) is 35.2 Å². The van der Waals surface area contributed by atoms with Crippen molar-refractivity contribution >= 4 is 17.2 Å². The third-order valence-electron chi connectivity index (χ3n) is 5.60. The fourth-order valence-electron chi connectivity index (χ4n) is 3.85. The highest BCUT2D eigenvalue weighted by Crippen LogP contribution is 2.66. The molecule has 2 bridgehead atoms. The van der Waals surface area contributed by atoms with Gasteiger partial charge in [0.05, 0.1) is 11.1 Å². The number of hydrogen-bond acceptors (Lipinski definition) is 2. The van der Waals surface area contributed by atoms with E-state index in [9.17, 15) is 0 Å². The molecule has 0 radical (unpaired) electrons. The molecule has 2 N–H and O–H groups in total. The smallest absolute Gasteiger partial charge is 0.0728 e. The Balaban J connectivity index is 1.86. The van der Waals surface area contributed by atoms with Crippen molar-refractivity contribution in [3.8, 4) is 0 Å². The lowest BCUT2D eigenvalue weighted by molar-refractivity contribution is -0.0466. The Labute approximate surface area is 110 Å². The SMILES string of the molecule is CC1(C)C2CCC1(C)C(OCCCC(N)=S)C2. The molecule has 2 aliphatic rings. The van der Waals surface area contributed by atoms with Gasteiger partial charge in [-0.1, -0.05) is 33.0 Å². The molecule has 2 aliphatic carbocycles. The second-order valence-corrected chi connectivity index (χ2v) is 7.06. The summed E-state index contributed by atoms with van der Waals surface area (Å²) >= 11 is 4.88. The van der Waals surface area contributed by atoms with Gasteiger partial charge in [-0.25, -0.2) is 0 Å². The largest absolute Gasteiger partial charge is 0.393 e. The van der Waals surface area contributed by atoms with E-state index in [0.29, 0.717) is 21.9 Å². The van der Waals surface area contributed by atoms with Crippen LogP contribution in [0.4, 0.5) is 0 Å². The highest BCUT2D eigenvalue weighted by atomic mass is 32.1. The Hall–Kier alpha value is -0.150. The zero-order chi connectivity index (χ0) is 12.7. The fraction of sp³-hybridized carbons (Fsp3) is 0.929. The van der Waals surface area contributed by atoms with E-state index >= 15 is 0 Å². The van der Waals surface area contributed by atoms with E-state index in [1.54, 1.807) is 0 Å². The fourth-order valence-corrected chi connectivity index (χ4v) is 4.00. The normalized spacial score (nSPS) is 38.5. The summed E-state index contributed by atoms with van der Waals surface area (Å²) in [6.07, 6.45) is 6.18. The second kappa shape index (κ2) is 4.51. The van der Waals surface area contributed by atoms with Gasteiger partial charge in [0.1, 0.15) is 0 Å². The first kappa shape index (κ1) is 13.3. The van der Waals surface area contributed by atoms with Crippen molar-refractivity contribution in [1.82, 2.24) is 0 Å². The van der Waals surface area contributed by atoms with Gasteiger partial charge in [0.25, 0.3) is 0 Å². The molecule has 3 heteroatoms. The zero-order valence-electron chi connectivity index (χ0n) is 11.3. The summed E-state index contributed by atoms with van der Waals surface area (Å²) in [5.41, 5.74) is 6.31. The molecule has 3 unspecified atom stereocenters. The van der Waals surface area contributed by atoms with Gasteiger partial charge in [-0.3, -0.25) is 0 Å². The van der Waals surface area contributed by atoms with Crippen LogP contribution in [0, 0.1) is 16.7 Å². The van der Waals surface area contributed by atoms with Gasteiger partial charge in [0.2, 0.25) is 0 Å². The Morgan fingerprint density at radius 3 is 2.59 bits per heavy atom. The molecule has 0 aromatic rings. The Kier molecular flexibility index (Phi) is 3.52. The van der Waals surface area contributed by atoms with Crippen LogP contribution in [0.2, 0.25) is 0 Å². The lowest BCUT2D eigenvalue weighted by atomic mass is 9.70. The van der Waals surface area contributed by atoms with Gasteiger partial charge in [-0.05, 0) is 48.9 Å². The monoisotopic (exact) mass is 255 g/mol. The van der Waals surface area contributed by atoms with Crippen molar-refractivity contribution in [3.05, 3.63) is 0 Å². The standard InChI is InChI=1S/C14H25NOS/c1-13(2)10-6-7-14(13,3)11(9-10)16-8-4-5-12(15)17/h10-11H,4-9H2,1-3H3,(H2,15,17). The van der Waals surface area contributed by atoms with Gasteiger partial charge < -0.3 is 10.5 Å². The minimum atomic E-state index is 0.376. The molecule has 2 nitrogen and oxygen atoms in total. The minimum absolute atomic E-state index is 0.376. The summed E-state index contributed by atoms with van der Waals surface area (Å²) in [5.74, 6) is 0.855. The van der Waals surface area contributed by atoms with E-state index in [4.69, 9.17) is 22.7 Å². The maximum atomic E-state index is 6.11. The van der Waals surface area contributed by atoms with Crippen LogP contribution in [0.1, 0.15) is 52.9 Å². The lowest BCUT2D eigenvalue weighted by Crippen LogP contribution is -2.37. The predicted molar refractivity (Wildman–Crippen MR) is 75.0 cm³/mol. The van der Waals surface area contributed by atoms with Gasteiger partial charge >= 0.3 is 0 Å². The molecule has 0 saturated heterocycles. The van der Waals surface area contributed by atoms with E-state index < -0.39 is 0 Å². The van der Waals surface area contributed by atoms with Crippen LogP contribution in [0.3, 0.4) is 0 Å². The Morgan fingerprint density at radius 1 is 1.41 bits per heavy atom. The van der Waals surface area contributed by atoms with Crippen LogP contribution >= 0.6 is 12.2 Å². The number of thiocarbonyl (C=S) groups is 1. The average molecular weight is 255 g/mol. The summed E-state index contributed by atoms with van der Waals surface area (Å²) in [7, 11) is 0. The zero-order valence-corrected chi connectivity index (χ0v) is 12.1. The maximum absolute atomic E-state index is 6.11. The molecule has 98 valence electrons. The van der Waals surface area contributed by atoms with E-state index in [1.807, 2.05) is 0 Å². The Bertz CT molecular complexity index is 315. The van der Waals surface area contributed by atoms with Crippen LogP contribution in [0.5, 0.6) is 0 Å². The van der Waals surface area contributed by atoms with Gasteiger partial charge in [-0.15, -0.1) is 0 Å². The lowest BCUT2D eigenvalue weighted by Gasteiger charge is -2.38. The molecule has 0 aromatic heterocycles. The number of hydrogen-bond donors (Lipinski definition) is 1. The van der Waals surface area contributed by atoms with Crippen LogP contribution in [0.25, 0.3) is 0 Å². The third-order valence-corrected chi connectivity index (χ3v) is 5.80. The highest BCUT2D eigenvalue weighted by molar-refractivity contribution is 7.80. The number of fused-ring (bicyclic) bond motifs is 2. The van der Waals surface area contributed by atoms with E-state index in [1.165, 1.54) is 19.3 Å². The molecule has 0 heterocycles. The second-order valence-electron chi connectivity index (χ2n) is 6.54. The van der Waals surface area contributed by atoms with E-state index in [-0.39, 0.29) is 0 Å².